The molecule has 0 saturated carbocycles. The van der Waals surface area contributed by atoms with E-state index in [-0.39, 0.29) is 35.1 Å². The van der Waals surface area contributed by atoms with Crippen molar-refractivity contribution in [3.05, 3.63) is 89.5 Å². The normalized spacial score (nSPS) is 15.6. The highest BCUT2D eigenvalue weighted by Gasteiger charge is 2.36. The van der Waals surface area contributed by atoms with E-state index in [4.69, 9.17) is 8.92 Å². The number of ether oxygens (including phenoxy) is 1. The van der Waals surface area contributed by atoms with Crippen molar-refractivity contribution in [1.82, 2.24) is 0 Å². The van der Waals surface area contributed by atoms with Gasteiger partial charge in [0, 0.05) is 24.2 Å². The Hall–Kier alpha value is -3.98. The molecular formula is C27H25NO7S. The van der Waals surface area contributed by atoms with Crippen molar-refractivity contribution in [2.24, 2.45) is 5.92 Å². The van der Waals surface area contributed by atoms with Gasteiger partial charge in [-0.2, -0.15) is 8.42 Å². The molecule has 186 valence electrons. The summed E-state index contributed by atoms with van der Waals surface area (Å²) >= 11 is 0. The predicted octanol–water partition coefficient (Wildman–Crippen LogP) is 3.85. The molecule has 8 nitrogen and oxygen atoms in total. The smallest absolute Gasteiger partial charge is 0.339 e. The molecule has 4 rings (SSSR count). The molecule has 1 saturated heterocycles. The van der Waals surface area contributed by atoms with Gasteiger partial charge < -0.3 is 13.8 Å². The Labute approximate surface area is 209 Å². The third-order valence-electron chi connectivity index (χ3n) is 5.90. The van der Waals surface area contributed by atoms with Crippen molar-refractivity contribution in [2.45, 2.75) is 25.2 Å². The molecule has 1 aliphatic rings. The molecule has 9 heteroatoms. The summed E-state index contributed by atoms with van der Waals surface area (Å²) in [4.78, 5) is 39.0. The Bertz CT molecular complexity index is 1400. The summed E-state index contributed by atoms with van der Waals surface area (Å²) in [5, 5.41) is 0. The number of Topliss-reactive ketones (excluding diaryl/α,β-unsaturated/α-hetero) is 1. The Balaban J connectivity index is 1.32. The zero-order chi connectivity index (χ0) is 25.9. The van der Waals surface area contributed by atoms with Crippen molar-refractivity contribution >= 4 is 33.5 Å². The maximum Gasteiger partial charge on any atom is 0.339 e. The zero-order valence-corrected chi connectivity index (χ0v) is 20.7. The summed E-state index contributed by atoms with van der Waals surface area (Å²) in [5.41, 5.74) is 2.82. The van der Waals surface area contributed by atoms with Gasteiger partial charge in [-0.25, -0.2) is 0 Å². The topological polar surface area (TPSA) is 107 Å². The number of anilines is 1. The molecule has 0 unspecified atom stereocenters. The Kier molecular flexibility index (Phi) is 7.21. The molecule has 0 radical (unpaired) electrons. The number of amides is 1. The maximum absolute atomic E-state index is 12.5. The van der Waals surface area contributed by atoms with E-state index in [0.29, 0.717) is 0 Å². The van der Waals surface area contributed by atoms with Gasteiger partial charge in [0.1, 0.15) is 10.6 Å². The molecule has 3 aromatic carbocycles. The Morgan fingerprint density at radius 2 is 1.61 bits per heavy atom. The van der Waals surface area contributed by atoms with Gasteiger partial charge in [0.25, 0.3) is 0 Å². The average molecular weight is 508 g/mol. The molecule has 0 spiro atoms. The lowest BCUT2D eigenvalue weighted by Gasteiger charge is -2.18. The monoisotopic (exact) mass is 507 g/mol. The van der Waals surface area contributed by atoms with Crippen LogP contribution in [0.15, 0.2) is 77.7 Å². The molecule has 0 bridgehead atoms. The second-order valence-corrected chi connectivity index (χ2v) is 10.1. The third kappa shape index (κ3) is 5.63. The Morgan fingerprint density at radius 3 is 2.28 bits per heavy atom. The van der Waals surface area contributed by atoms with E-state index in [0.717, 1.165) is 16.8 Å². The lowest BCUT2D eigenvalue weighted by atomic mass is 10.1. The van der Waals surface area contributed by atoms with Crippen LogP contribution in [0.5, 0.6) is 5.75 Å². The fraction of sp³-hybridized carbons (Fsp3) is 0.222. The number of carbonyl (C=O) groups excluding carboxylic acids is 3. The fourth-order valence-electron chi connectivity index (χ4n) is 3.88. The first-order valence-electron chi connectivity index (χ1n) is 11.3. The van der Waals surface area contributed by atoms with Crippen LogP contribution in [0, 0.1) is 19.8 Å². The molecule has 1 fully saturated rings. The minimum Gasteiger partial charge on any atom is -0.457 e. The van der Waals surface area contributed by atoms with Crippen LogP contribution in [-0.2, 0) is 24.4 Å². The Morgan fingerprint density at radius 1 is 0.944 bits per heavy atom. The molecule has 1 heterocycles. The molecule has 36 heavy (non-hydrogen) atoms. The maximum atomic E-state index is 12.5. The number of rotatable bonds is 8. The van der Waals surface area contributed by atoms with Crippen molar-refractivity contribution in [3.8, 4) is 5.75 Å². The van der Waals surface area contributed by atoms with Crippen LogP contribution < -0.4 is 9.08 Å². The number of carbonyl (C=O) groups is 3. The van der Waals surface area contributed by atoms with E-state index >= 15 is 0 Å². The van der Waals surface area contributed by atoms with Crippen LogP contribution >= 0.6 is 0 Å². The predicted molar refractivity (Wildman–Crippen MR) is 132 cm³/mol. The van der Waals surface area contributed by atoms with Crippen molar-refractivity contribution in [1.29, 1.82) is 0 Å². The lowest BCUT2D eigenvalue weighted by Crippen LogP contribution is -2.27. The fourth-order valence-corrected chi connectivity index (χ4v) is 4.81. The van der Waals surface area contributed by atoms with Gasteiger partial charge >= 0.3 is 16.1 Å². The van der Waals surface area contributed by atoms with Crippen LogP contribution in [0.1, 0.15) is 27.9 Å². The second-order valence-electron chi connectivity index (χ2n) is 8.60. The van der Waals surface area contributed by atoms with Crippen molar-refractivity contribution in [3.63, 3.8) is 0 Å². The molecule has 0 aliphatic carbocycles. The van der Waals surface area contributed by atoms with E-state index in [1.54, 1.807) is 17.0 Å². The highest BCUT2D eigenvalue weighted by molar-refractivity contribution is 7.87. The minimum absolute atomic E-state index is 0.0167. The first-order chi connectivity index (χ1) is 17.1. The van der Waals surface area contributed by atoms with Gasteiger partial charge in [-0.05, 0) is 61.9 Å². The summed E-state index contributed by atoms with van der Waals surface area (Å²) in [6, 6.07) is 19.2. The van der Waals surface area contributed by atoms with E-state index < -0.39 is 34.4 Å². The molecule has 0 aromatic heterocycles. The first-order valence-corrected chi connectivity index (χ1v) is 12.7. The molecule has 3 aromatic rings. The van der Waals surface area contributed by atoms with Gasteiger partial charge in [-0.15, -0.1) is 0 Å². The second kappa shape index (κ2) is 10.3. The summed E-state index contributed by atoms with van der Waals surface area (Å²) in [5.74, 6) is -1.86. The molecular weight excluding hydrogens is 482 g/mol. The molecule has 1 aliphatic heterocycles. The van der Waals surface area contributed by atoms with Crippen LogP contribution in [0.4, 0.5) is 5.69 Å². The summed E-state index contributed by atoms with van der Waals surface area (Å²) in [7, 11) is -4.01. The largest absolute Gasteiger partial charge is 0.457 e. The average Bonchev–Trinajstić information content (AvgIpc) is 3.24. The SMILES string of the molecule is Cc1ccc(S(=O)(=O)Oc2ccc(C(=O)COC(=O)[C@H]3CC(=O)N(c4ccccc4C)C3)cc2)cc1. The quantitative estimate of drug-likeness (QED) is 0.259. The number of nitrogens with zero attached hydrogens (tertiary/aromatic N) is 1. The van der Waals surface area contributed by atoms with Crippen molar-refractivity contribution < 1.29 is 31.7 Å². The molecule has 1 atom stereocenters. The van der Waals surface area contributed by atoms with Crippen LogP contribution in [0.3, 0.4) is 0 Å². The van der Waals surface area contributed by atoms with E-state index in [9.17, 15) is 22.8 Å². The summed E-state index contributed by atoms with van der Waals surface area (Å²) < 4.78 is 35.2. The number of ketones is 1. The van der Waals surface area contributed by atoms with Gasteiger partial charge in [0.2, 0.25) is 5.91 Å². The highest BCUT2D eigenvalue weighted by atomic mass is 32.2. The lowest BCUT2D eigenvalue weighted by molar-refractivity contribution is -0.147. The number of esters is 1. The number of aryl methyl sites for hydroxylation is 2. The van der Waals surface area contributed by atoms with Gasteiger partial charge in [0.15, 0.2) is 12.4 Å². The van der Waals surface area contributed by atoms with E-state index in [2.05, 4.69) is 0 Å². The summed E-state index contributed by atoms with van der Waals surface area (Å²) in [6.07, 6.45) is 0.0167. The highest BCUT2D eigenvalue weighted by Crippen LogP contribution is 2.28. The third-order valence-corrected chi connectivity index (χ3v) is 7.16. The van der Waals surface area contributed by atoms with Crippen molar-refractivity contribution in [2.75, 3.05) is 18.1 Å². The number of hydrogen-bond donors (Lipinski definition) is 0. The van der Waals surface area contributed by atoms with Crippen LogP contribution in [0.2, 0.25) is 0 Å². The van der Waals surface area contributed by atoms with E-state index in [1.165, 1.54) is 36.4 Å². The van der Waals surface area contributed by atoms with Crippen LogP contribution in [0.25, 0.3) is 0 Å². The number of para-hydroxylation sites is 1. The minimum atomic E-state index is -4.01. The standard InChI is InChI=1S/C27H25NO7S/c1-18-7-13-23(14-8-18)36(32,33)35-22-11-9-20(10-12-22)25(29)17-34-27(31)21-15-26(30)28(16-21)24-6-4-3-5-19(24)2/h3-14,21H,15-17H2,1-2H3/t21-/m0/s1. The number of benzene rings is 3. The van der Waals surface area contributed by atoms with Crippen LogP contribution in [-0.4, -0.2) is 39.2 Å². The molecule has 0 N–H and O–H groups in total. The van der Waals surface area contributed by atoms with Gasteiger partial charge in [-0.1, -0.05) is 35.9 Å². The summed E-state index contributed by atoms with van der Waals surface area (Å²) in [6.45, 7) is 3.44. The number of hydrogen-bond acceptors (Lipinski definition) is 7. The molecule has 1 amide bonds. The van der Waals surface area contributed by atoms with Gasteiger partial charge in [0.05, 0.1) is 5.92 Å². The van der Waals surface area contributed by atoms with E-state index in [1.807, 2.05) is 38.1 Å². The zero-order valence-electron chi connectivity index (χ0n) is 19.8. The van der Waals surface area contributed by atoms with Gasteiger partial charge in [-0.3, -0.25) is 14.4 Å². The first kappa shape index (κ1) is 25.1.